The molecule has 2 rings (SSSR count). The maximum Gasteiger partial charge on any atom is 0.195 e. The third-order valence-corrected chi connectivity index (χ3v) is 2.62. The van der Waals surface area contributed by atoms with Gasteiger partial charge in [0.05, 0.1) is 5.69 Å². The minimum atomic E-state index is -1.48. The molecule has 0 fully saturated rings. The summed E-state index contributed by atoms with van der Waals surface area (Å²) in [4.78, 5) is 4.17. The topological polar surface area (TPSA) is 24.9 Å². The summed E-state index contributed by atoms with van der Waals surface area (Å²) in [6.45, 7) is 2.74. The number of hydrogen-bond acceptors (Lipinski definition) is 2. The highest BCUT2D eigenvalue weighted by Crippen LogP contribution is 2.25. The van der Waals surface area contributed by atoms with Crippen LogP contribution in [0, 0.1) is 17.5 Å². The SMILES string of the molecule is CCCNc1cccc(-c2ccc(F)c(F)c2F)n1. The molecule has 0 saturated heterocycles. The third kappa shape index (κ3) is 2.86. The fourth-order valence-corrected chi connectivity index (χ4v) is 1.66. The number of nitrogens with zero attached hydrogens (tertiary/aromatic N) is 1. The molecule has 0 aliphatic heterocycles. The van der Waals surface area contributed by atoms with Crippen molar-refractivity contribution in [3.63, 3.8) is 0 Å². The van der Waals surface area contributed by atoms with Crippen LogP contribution in [0.15, 0.2) is 30.3 Å². The van der Waals surface area contributed by atoms with E-state index in [4.69, 9.17) is 0 Å². The van der Waals surface area contributed by atoms with Crippen LogP contribution < -0.4 is 5.32 Å². The summed E-state index contributed by atoms with van der Waals surface area (Å²) in [5.41, 5.74) is 0.205. The van der Waals surface area contributed by atoms with E-state index in [1.165, 1.54) is 6.07 Å². The van der Waals surface area contributed by atoms with Crippen molar-refractivity contribution in [3.8, 4) is 11.3 Å². The number of aromatic nitrogens is 1. The van der Waals surface area contributed by atoms with Crippen molar-refractivity contribution >= 4 is 5.82 Å². The lowest BCUT2D eigenvalue weighted by Crippen LogP contribution is -2.03. The van der Waals surface area contributed by atoms with Crippen molar-refractivity contribution in [2.24, 2.45) is 0 Å². The molecule has 0 atom stereocenters. The van der Waals surface area contributed by atoms with Crippen molar-refractivity contribution in [2.75, 3.05) is 11.9 Å². The molecule has 0 unspecified atom stereocenters. The quantitative estimate of drug-likeness (QED) is 0.846. The monoisotopic (exact) mass is 266 g/mol. The van der Waals surface area contributed by atoms with Gasteiger partial charge in [-0.05, 0) is 30.7 Å². The summed E-state index contributed by atoms with van der Waals surface area (Å²) in [5, 5.41) is 3.05. The molecule has 0 aliphatic rings. The van der Waals surface area contributed by atoms with Gasteiger partial charge in [-0.2, -0.15) is 0 Å². The van der Waals surface area contributed by atoms with Crippen molar-refractivity contribution in [1.29, 1.82) is 0 Å². The number of hydrogen-bond donors (Lipinski definition) is 1. The normalized spacial score (nSPS) is 10.5. The number of anilines is 1. The van der Waals surface area contributed by atoms with Gasteiger partial charge >= 0.3 is 0 Å². The van der Waals surface area contributed by atoms with Crippen LogP contribution in [0.3, 0.4) is 0 Å². The predicted octanol–water partition coefficient (Wildman–Crippen LogP) is 3.99. The summed E-state index contributed by atoms with van der Waals surface area (Å²) >= 11 is 0. The van der Waals surface area contributed by atoms with Crippen LogP contribution in [0.1, 0.15) is 13.3 Å². The van der Waals surface area contributed by atoms with Crippen molar-refractivity contribution in [1.82, 2.24) is 4.98 Å². The largest absolute Gasteiger partial charge is 0.370 e. The zero-order chi connectivity index (χ0) is 13.8. The Balaban J connectivity index is 2.39. The van der Waals surface area contributed by atoms with E-state index in [1.54, 1.807) is 18.2 Å². The van der Waals surface area contributed by atoms with Gasteiger partial charge in [-0.1, -0.05) is 13.0 Å². The third-order valence-electron chi connectivity index (χ3n) is 2.62. The summed E-state index contributed by atoms with van der Waals surface area (Å²) in [6.07, 6.45) is 0.922. The summed E-state index contributed by atoms with van der Waals surface area (Å²) in [5.74, 6) is -3.34. The van der Waals surface area contributed by atoms with Gasteiger partial charge in [-0.15, -0.1) is 0 Å². The standard InChI is InChI=1S/C14H13F3N2/c1-2-8-18-12-5-3-4-11(19-12)9-6-7-10(15)14(17)13(9)16/h3-7H,2,8H2,1H3,(H,18,19). The van der Waals surface area contributed by atoms with E-state index in [1.807, 2.05) is 6.92 Å². The molecule has 5 heteroatoms. The molecule has 2 aromatic rings. The Kier molecular flexibility index (Phi) is 4.04. The molecule has 1 heterocycles. The molecule has 0 saturated carbocycles. The lowest BCUT2D eigenvalue weighted by atomic mass is 10.1. The van der Waals surface area contributed by atoms with Gasteiger partial charge in [0.1, 0.15) is 5.82 Å². The van der Waals surface area contributed by atoms with Crippen LogP contribution >= 0.6 is 0 Å². The molecule has 1 N–H and O–H groups in total. The second kappa shape index (κ2) is 5.73. The lowest BCUT2D eigenvalue weighted by Gasteiger charge is -2.08. The first kappa shape index (κ1) is 13.4. The number of benzene rings is 1. The van der Waals surface area contributed by atoms with Crippen LogP contribution in [-0.4, -0.2) is 11.5 Å². The fourth-order valence-electron chi connectivity index (χ4n) is 1.66. The van der Waals surface area contributed by atoms with Crippen molar-refractivity contribution in [2.45, 2.75) is 13.3 Å². The Morgan fingerprint density at radius 3 is 2.58 bits per heavy atom. The van der Waals surface area contributed by atoms with Crippen LogP contribution in [0.4, 0.5) is 19.0 Å². The van der Waals surface area contributed by atoms with E-state index in [2.05, 4.69) is 10.3 Å². The van der Waals surface area contributed by atoms with E-state index in [9.17, 15) is 13.2 Å². The lowest BCUT2D eigenvalue weighted by molar-refractivity contribution is 0.449. The summed E-state index contributed by atoms with van der Waals surface area (Å²) in [6, 6.07) is 7.03. The first-order valence-electron chi connectivity index (χ1n) is 5.98. The molecule has 2 nitrogen and oxygen atoms in total. The predicted molar refractivity (Wildman–Crippen MR) is 68.3 cm³/mol. The van der Waals surface area contributed by atoms with E-state index in [0.717, 1.165) is 19.0 Å². The Morgan fingerprint density at radius 1 is 1.05 bits per heavy atom. The zero-order valence-corrected chi connectivity index (χ0v) is 10.4. The fraction of sp³-hybridized carbons (Fsp3) is 0.214. The Hall–Kier alpha value is -2.04. The number of halogens is 3. The van der Waals surface area contributed by atoms with Crippen LogP contribution in [0.5, 0.6) is 0 Å². The van der Waals surface area contributed by atoms with Gasteiger partial charge in [0.15, 0.2) is 17.5 Å². The van der Waals surface area contributed by atoms with Gasteiger partial charge in [0.2, 0.25) is 0 Å². The van der Waals surface area contributed by atoms with Crippen LogP contribution in [0.2, 0.25) is 0 Å². The minimum Gasteiger partial charge on any atom is -0.370 e. The molecule has 1 aromatic heterocycles. The summed E-state index contributed by atoms with van der Waals surface area (Å²) in [7, 11) is 0. The molecule has 0 amide bonds. The summed E-state index contributed by atoms with van der Waals surface area (Å²) < 4.78 is 39.7. The first-order chi connectivity index (χ1) is 9.13. The van der Waals surface area contributed by atoms with E-state index in [-0.39, 0.29) is 11.3 Å². The second-order valence-electron chi connectivity index (χ2n) is 4.06. The highest BCUT2D eigenvalue weighted by atomic mass is 19.2. The van der Waals surface area contributed by atoms with Gasteiger partial charge < -0.3 is 5.32 Å². The van der Waals surface area contributed by atoms with E-state index in [0.29, 0.717) is 5.82 Å². The Morgan fingerprint density at radius 2 is 1.84 bits per heavy atom. The maximum atomic E-state index is 13.7. The average Bonchev–Trinajstić information content (AvgIpc) is 2.43. The number of pyridine rings is 1. The maximum absolute atomic E-state index is 13.7. The van der Waals surface area contributed by atoms with Crippen LogP contribution in [0.25, 0.3) is 11.3 Å². The smallest absolute Gasteiger partial charge is 0.195 e. The molecule has 19 heavy (non-hydrogen) atoms. The van der Waals surface area contributed by atoms with Crippen LogP contribution in [-0.2, 0) is 0 Å². The molecule has 1 aromatic carbocycles. The van der Waals surface area contributed by atoms with Gasteiger partial charge in [-0.3, -0.25) is 0 Å². The Labute approximate surface area is 109 Å². The van der Waals surface area contributed by atoms with E-state index < -0.39 is 17.5 Å². The molecular formula is C14H13F3N2. The van der Waals surface area contributed by atoms with Gasteiger partial charge in [-0.25, -0.2) is 18.2 Å². The molecule has 0 radical (unpaired) electrons. The molecule has 0 bridgehead atoms. The van der Waals surface area contributed by atoms with Gasteiger partial charge in [0, 0.05) is 12.1 Å². The average molecular weight is 266 g/mol. The number of nitrogens with one attached hydrogen (secondary N) is 1. The minimum absolute atomic E-state index is 0.0564. The van der Waals surface area contributed by atoms with E-state index >= 15 is 0 Å². The molecule has 0 spiro atoms. The second-order valence-corrected chi connectivity index (χ2v) is 4.06. The van der Waals surface area contributed by atoms with Crippen molar-refractivity contribution < 1.29 is 13.2 Å². The highest BCUT2D eigenvalue weighted by Gasteiger charge is 2.15. The van der Waals surface area contributed by atoms with Gasteiger partial charge in [0.25, 0.3) is 0 Å². The molecule has 100 valence electrons. The first-order valence-corrected chi connectivity index (χ1v) is 5.98. The number of rotatable bonds is 4. The Bertz CT molecular complexity index is 585. The zero-order valence-electron chi connectivity index (χ0n) is 10.4. The molecular weight excluding hydrogens is 253 g/mol. The molecule has 0 aliphatic carbocycles. The van der Waals surface area contributed by atoms with Crippen molar-refractivity contribution in [3.05, 3.63) is 47.8 Å². The highest BCUT2D eigenvalue weighted by molar-refractivity contribution is 5.62.